The molecule has 1 aromatic heterocycles. The average Bonchev–Trinajstić information content (AvgIpc) is 2.94. The predicted molar refractivity (Wildman–Crippen MR) is 85.4 cm³/mol. The van der Waals surface area contributed by atoms with Crippen molar-refractivity contribution < 1.29 is 14.7 Å². The number of aromatic amines is 1. The maximum Gasteiger partial charge on any atom is 0.337 e. The van der Waals surface area contributed by atoms with Crippen molar-refractivity contribution in [2.75, 3.05) is 11.9 Å². The maximum atomic E-state index is 11.8. The number of benzene rings is 1. The molecule has 0 aliphatic heterocycles. The van der Waals surface area contributed by atoms with Gasteiger partial charge in [0.25, 0.3) is 0 Å². The first-order chi connectivity index (χ1) is 10.1. The molecule has 2 rings (SSSR count). The topological polar surface area (TPSA) is 107 Å². The summed E-state index contributed by atoms with van der Waals surface area (Å²) in [6.07, 6.45) is 3.87. The van der Waals surface area contributed by atoms with E-state index in [0.717, 1.165) is 9.26 Å². The zero-order valence-corrected chi connectivity index (χ0v) is 13.0. The molecule has 0 atom stereocenters. The lowest BCUT2D eigenvalue weighted by Crippen LogP contribution is -2.31. The highest BCUT2D eigenvalue weighted by Crippen LogP contribution is 2.18. The van der Waals surface area contributed by atoms with Crippen molar-refractivity contribution in [2.45, 2.75) is 6.42 Å². The van der Waals surface area contributed by atoms with Crippen LogP contribution in [0.25, 0.3) is 0 Å². The van der Waals surface area contributed by atoms with Gasteiger partial charge in [0.2, 0.25) is 0 Å². The molecule has 8 heteroatoms. The number of aromatic nitrogens is 2. The number of rotatable bonds is 5. The summed E-state index contributed by atoms with van der Waals surface area (Å²) in [5.41, 5.74) is 1.24. The maximum absolute atomic E-state index is 11.8. The van der Waals surface area contributed by atoms with Crippen molar-refractivity contribution in [2.24, 2.45) is 0 Å². The Morgan fingerprint density at radius 3 is 2.86 bits per heavy atom. The van der Waals surface area contributed by atoms with Crippen molar-refractivity contribution in [1.82, 2.24) is 15.3 Å². The fraction of sp³-hybridized carbons (Fsp3) is 0.154. The van der Waals surface area contributed by atoms with Gasteiger partial charge in [-0.25, -0.2) is 14.6 Å². The summed E-state index contributed by atoms with van der Waals surface area (Å²) in [4.78, 5) is 29.7. The molecule has 0 aliphatic carbocycles. The van der Waals surface area contributed by atoms with E-state index in [2.05, 4.69) is 20.6 Å². The minimum atomic E-state index is -1.08. The van der Waals surface area contributed by atoms with Crippen LogP contribution in [0.1, 0.15) is 16.1 Å². The number of hydrogen-bond donors (Lipinski definition) is 4. The summed E-state index contributed by atoms with van der Waals surface area (Å²) in [7, 11) is 0. The molecular weight excluding hydrogens is 387 g/mol. The third kappa shape index (κ3) is 4.45. The molecule has 1 aromatic carbocycles. The second kappa shape index (κ2) is 7.07. The number of aromatic carboxylic acids is 1. The number of carboxylic acids is 1. The van der Waals surface area contributed by atoms with Gasteiger partial charge in [-0.15, -0.1) is 0 Å². The third-order valence-corrected chi connectivity index (χ3v) is 3.37. The van der Waals surface area contributed by atoms with E-state index in [1.807, 2.05) is 22.6 Å². The minimum Gasteiger partial charge on any atom is -0.478 e. The van der Waals surface area contributed by atoms with Crippen molar-refractivity contribution in [3.05, 3.63) is 45.6 Å². The number of halogens is 1. The van der Waals surface area contributed by atoms with Crippen molar-refractivity contribution >= 4 is 40.3 Å². The largest absolute Gasteiger partial charge is 0.478 e. The molecule has 0 saturated heterocycles. The summed E-state index contributed by atoms with van der Waals surface area (Å²) in [6.45, 7) is 0.417. The van der Waals surface area contributed by atoms with Crippen LogP contribution >= 0.6 is 22.6 Å². The van der Waals surface area contributed by atoms with Gasteiger partial charge in [-0.1, -0.05) is 0 Å². The Bertz CT molecular complexity index is 643. The fourth-order valence-corrected chi connectivity index (χ4v) is 2.19. The number of nitrogens with zero attached hydrogens (tertiary/aromatic N) is 1. The van der Waals surface area contributed by atoms with Gasteiger partial charge in [0.15, 0.2) is 0 Å². The minimum absolute atomic E-state index is 0.0608. The molecule has 0 unspecified atom stereocenters. The Hall–Kier alpha value is -2.10. The highest BCUT2D eigenvalue weighted by Gasteiger charge is 2.12. The SMILES string of the molecule is O=C(NCCc1cnc[nH]1)Nc1ccc(I)cc1C(=O)O. The highest BCUT2D eigenvalue weighted by atomic mass is 127. The number of nitrogens with one attached hydrogen (secondary N) is 3. The molecule has 2 amide bonds. The van der Waals surface area contributed by atoms with Gasteiger partial charge in [-0.2, -0.15) is 0 Å². The van der Waals surface area contributed by atoms with Gasteiger partial charge in [0.1, 0.15) is 0 Å². The van der Waals surface area contributed by atoms with Crippen molar-refractivity contribution in [3.8, 4) is 0 Å². The Labute approximate surface area is 134 Å². The van der Waals surface area contributed by atoms with Gasteiger partial charge in [0, 0.05) is 28.4 Å². The summed E-state index contributed by atoms with van der Waals surface area (Å²) in [5, 5.41) is 14.3. The van der Waals surface area contributed by atoms with Crippen LogP contribution in [0.3, 0.4) is 0 Å². The van der Waals surface area contributed by atoms with Gasteiger partial charge >= 0.3 is 12.0 Å². The van der Waals surface area contributed by atoms with E-state index in [4.69, 9.17) is 5.11 Å². The first-order valence-electron chi connectivity index (χ1n) is 6.11. The molecule has 4 N–H and O–H groups in total. The van der Waals surface area contributed by atoms with Crippen LogP contribution in [-0.2, 0) is 6.42 Å². The Balaban J connectivity index is 1.92. The molecule has 2 aromatic rings. The first kappa shape index (κ1) is 15.3. The third-order valence-electron chi connectivity index (χ3n) is 2.69. The van der Waals surface area contributed by atoms with Crippen LogP contribution in [0.4, 0.5) is 10.5 Å². The number of amides is 2. The van der Waals surface area contributed by atoms with Crippen LogP contribution in [0.2, 0.25) is 0 Å². The second-order valence-corrected chi connectivity index (χ2v) is 5.45. The Morgan fingerprint density at radius 2 is 2.19 bits per heavy atom. The number of carbonyl (C=O) groups excluding carboxylic acids is 1. The molecule has 0 saturated carbocycles. The molecule has 110 valence electrons. The molecular formula is C13H13IN4O3. The molecule has 0 aliphatic rings. The van der Waals surface area contributed by atoms with E-state index in [0.29, 0.717) is 13.0 Å². The van der Waals surface area contributed by atoms with Gasteiger partial charge in [0.05, 0.1) is 17.6 Å². The van der Waals surface area contributed by atoms with Crippen LogP contribution in [0.15, 0.2) is 30.7 Å². The van der Waals surface area contributed by atoms with Gasteiger partial charge in [-0.3, -0.25) is 0 Å². The standard InChI is InChI=1S/C13H13IN4O3/c14-8-1-2-11(10(5-8)12(19)20)18-13(21)16-4-3-9-6-15-7-17-9/h1-2,5-7H,3-4H2,(H,15,17)(H,19,20)(H2,16,18,21). The van der Waals surface area contributed by atoms with E-state index < -0.39 is 12.0 Å². The van der Waals surface area contributed by atoms with E-state index in [9.17, 15) is 9.59 Å². The smallest absolute Gasteiger partial charge is 0.337 e. The van der Waals surface area contributed by atoms with E-state index in [1.54, 1.807) is 24.7 Å². The van der Waals surface area contributed by atoms with E-state index in [1.165, 1.54) is 6.07 Å². The number of H-pyrrole nitrogens is 1. The first-order valence-corrected chi connectivity index (χ1v) is 7.19. The highest BCUT2D eigenvalue weighted by molar-refractivity contribution is 14.1. The quantitative estimate of drug-likeness (QED) is 0.577. The van der Waals surface area contributed by atoms with Gasteiger partial charge in [-0.05, 0) is 40.8 Å². The van der Waals surface area contributed by atoms with E-state index >= 15 is 0 Å². The number of urea groups is 1. The normalized spacial score (nSPS) is 10.1. The van der Waals surface area contributed by atoms with Crippen molar-refractivity contribution in [3.63, 3.8) is 0 Å². The summed E-state index contributed by atoms with van der Waals surface area (Å²) >= 11 is 2.02. The summed E-state index contributed by atoms with van der Waals surface area (Å²) in [6, 6.07) is 4.36. The molecule has 0 bridgehead atoms. The average molecular weight is 400 g/mol. The van der Waals surface area contributed by atoms with Crippen LogP contribution in [0.5, 0.6) is 0 Å². The van der Waals surface area contributed by atoms with Crippen LogP contribution in [-0.4, -0.2) is 33.6 Å². The zero-order chi connectivity index (χ0) is 15.2. The predicted octanol–water partition coefficient (Wildman–Crippen LogP) is 2.08. The lowest BCUT2D eigenvalue weighted by Gasteiger charge is -2.10. The Morgan fingerprint density at radius 1 is 1.38 bits per heavy atom. The molecule has 7 nitrogen and oxygen atoms in total. The van der Waals surface area contributed by atoms with Crippen molar-refractivity contribution in [1.29, 1.82) is 0 Å². The number of imidazole rings is 1. The monoisotopic (exact) mass is 400 g/mol. The molecule has 0 radical (unpaired) electrons. The molecule has 21 heavy (non-hydrogen) atoms. The number of carboxylic acid groups (broad SMARTS) is 1. The van der Waals surface area contributed by atoms with E-state index in [-0.39, 0.29) is 11.3 Å². The number of carbonyl (C=O) groups is 2. The van der Waals surface area contributed by atoms with Crippen LogP contribution < -0.4 is 10.6 Å². The number of anilines is 1. The van der Waals surface area contributed by atoms with Gasteiger partial charge < -0.3 is 20.7 Å². The van der Waals surface area contributed by atoms with Crippen LogP contribution in [0, 0.1) is 3.57 Å². The second-order valence-electron chi connectivity index (χ2n) is 4.20. The molecule has 0 spiro atoms. The molecule has 0 fully saturated rings. The summed E-state index contributed by atoms with van der Waals surface area (Å²) < 4.78 is 0.787. The Kier molecular flexibility index (Phi) is 5.14. The fourth-order valence-electron chi connectivity index (χ4n) is 1.70. The number of hydrogen-bond acceptors (Lipinski definition) is 3. The molecule has 1 heterocycles. The summed E-state index contributed by atoms with van der Waals surface area (Å²) in [5.74, 6) is -1.08. The lowest BCUT2D eigenvalue weighted by atomic mass is 10.2. The lowest BCUT2D eigenvalue weighted by molar-refractivity contribution is 0.0698. The zero-order valence-electron chi connectivity index (χ0n) is 10.9.